The zero-order valence-corrected chi connectivity index (χ0v) is 17.7. The number of aryl methyl sites for hydroxylation is 1. The van der Waals surface area contributed by atoms with E-state index in [1.807, 2.05) is 102 Å². The highest BCUT2D eigenvalue weighted by atomic mass is 32.1. The molecule has 0 aliphatic carbocycles. The van der Waals surface area contributed by atoms with Crippen molar-refractivity contribution < 1.29 is 4.79 Å². The van der Waals surface area contributed by atoms with Crippen molar-refractivity contribution in [3.8, 4) is 11.3 Å². The van der Waals surface area contributed by atoms with Gasteiger partial charge in [-0.25, -0.2) is 4.98 Å². The molecule has 2 aromatic heterocycles. The third kappa shape index (κ3) is 3.93. The van der Waals surface area contributed by atoms with E-state index in [1.165, 1.54) is 11.3 Å². The van der Waals surface area contributed by atoms with Crippen molar-refractivity contribution in [2.45, 2.75) is 6.92 Å². The molecular weight excluding hydrogens is 404 g/mol. The van der Waals surface area contributed by atoms with E-state index in [2.05, 4.69) is 10.6 Å². The number of carbonyl (C=O) groups excluding carboxylic acids is 1. The van der Waals surface area contributed by atoms with E-state index >= 15 is 0 Å². The number of carbonyl (C=O) groups is 1. The monoisotopic (exact) mass is 424 g/mol. The van der Waals surface area contributed by atoms with E-state index in [0.717, 1.165) is 39.0 Å². The highest BCUT2D eigenvalue weighted by Crippen LogP contribution is 2.28. The lowest BCUT2D eigenvalue weighted by Gasteiger charge is -2.08. The molecule has 3 aromatic carbocycles. The average molecular weight is 425 g/mol. The Bertz CT molecular complexity index is 1340. The lowest BCUT2D eigenvalue weighted by molar-refractivity contribution is 0.102. The van der Waals surface area contributed by atoms with Crippen LogP contribution in [0.3, 0.4) is 0 Å². The van der Waals surface area contributed by atoms with Crippen molar-refractivity contribution in [2.75, 3.05) is 10.6 Å². The van der Waals surface area contributed by atoms with Gasteiger partial charge in [-0.1, -0.05) is 59.9 Å². The number of amides is 1. The van der Waals surface area contributed by atoms with Gasteiger partial charge in [-0.05, 0) is 43.3 Å². The molecule has 0 saturated heterocycles. The third-order valence-corrected chi connectivity index (χ3v) is 6.19. The summed E-state index contributed by atoms with van der Waals surface area (Å²) in [5, 5.41) is 6.33. The molecule has 152 valence electrons. The van der Waals surface area contributed by atoms with Gasteiger partial charge in [0.15, 0.2) is 4.96 Å². The van der Waals surface area contributed by atoms with Gasteiger partial charge in [-0.3, -0.25) is 9.20 Å². The van der Waals surface area contributed by atoms with Gasteiger partial charge in [0.05, 0.1) is 5.69 Å². The first-order valence-electron chi connectivity index (χ1n) is 9.95. The maximum Gasteiger partial charge on any atom is 0.267 e. The van der Waals surface area contributed by atoms with Crippen molar-refractivity contribution in [3.05, 3.63) is 102 Å². The van der Waals surface area contributed by atoms with Crippen LogP contribution in [-0.2, 0) is 0 Å². The Balaban J connectivity index is 1.32. The molecule has 0 bridgehead atoms. The summed E-state index contributed by atoms with van der Waals surface area (Å²) in [5.74, 6) is -0.127. The number of imidazole rings is 1. The molecule has 1 amide bonds. The molecule has 0 aliphatic rings. The number of nitrogens with one attached hydrogen (secondary N) is 2. The predicted octanol–water partition coefficient (Wildman–Crippen LogP) is 6.37. The number of anilines is 3. The van der Waals surface area contributed by atoms with Gasteiger partial charge in [0.25, 0.3) is 5.91 Å². The van der Waals surface area contributed by atoms with E-state index in [1.54, 1.807) is 0 Å². The molecule has 0 saturated carbocycles. The first kappa shape index (κ1) is 19.1. The van der Waals surface area contributed by atoms with Crippen LogP contribution < -0.4 is 10.6 Å². The fourth-order valence-electron chi connectivity index (χ4n) is 3.42. The summed E-state index contributed by atoms with van der Waals surface area (Å²) in [4.78, 5) is 19.0. The van der Waals surface area contributed by atoms with E-state index < -0.39 is 0 Å². The van der Waals surface area contributed by atoms with Crippen molar-refractivity contribution in [3.63, 3.8) is 0 Å². The van der Waals surface area contributed by atoms with E-state index in [-0.39, 0.29) is 5.91 Å². The number of benzene rings is 3. The molecule has 0 fully saturated rings. The number of aromatic nitrogens is 2. The Hall–Kier alpha value is -3.90. The van der Waals surface area contributed by atoms with Gasteiger partial charge in [0.1, 0.15) is 4.88 Å². The zero-order chi connectivity index (χ0) is 21.2. The molecule has 0 unspecified atom stereocenters. The number of hydrogen-bond donors (Lipinski definition) is 2. The highest BCUT2D eigenvalue weighted by molar-refractivity contribution is 7.19. The SMILES string of the molecule is Cc1c(C(=O)Nc2ccc(Nc3ccccc3)cc2)sc2nc(-c3ccccc3)cn12. The molecule has 31 heavy (non-hydrogen) atoms. The van der Waals surface area contributed by atoms with E-state index in [0.29, 0.717) is 4.88 Å². The quantitative estimate of drug-likeness (QED) is 0.345. The van der Waals surface area contributed by atoms with Crippen molar-refractivity contribution in [2.24, 2.45) is 0 Å². The molecule has 0 aliphatic heterocycles. The van der Waals surface area contributed by atoms with Crippen molar-refractivity contribution in [1.82, 2.24) is 9.38 Å². The molecule has 6 heteroatoms. The molecule has 5 aromatic rings. The Labute approximate surface area is 184 Å². The predicted molar refractivity (Wildman–Crippen MR) is 127 cm³/mol. The van der Waals surface area contributed by atoms with Crippen LogP contribution in [0.15, 0.2) is 91.1 Å². The normalized spacial score (nSPS) is 10.9. The van der Waals surface area contributed by atoms with Gasteiger partial charge >= 0.3 is 0 Å². The molecule has 2 heterocycles. The molecule has 5 nitrogen and oxygen atoms in total. The van der Waals surface area contributed by atoms with Crippen LogP contribution in [0, 0.1) is 6.92 Å². The zero-order valence-electron chi connectivity index (χ0n) is 16.9. The molecule has 0 atom stereocenters. The van der Waals surface area contributed by atoms with Crippen LogP contribution in [0.25, 0.3) is 16.2 Å². The van der Waals surface area contributed by atoms with Crippen molar-refractivity contribution >= 4 is 39.3 Å². The number of thiazole rings is 1. The standard InChI is InChI=1S/C25H20N4OS/c1-17-23(31-25-28-22(16-29(17)25)18-8-4-2-5-9-18)24(30)27-21-14-12-20(13-15-21)26-19-10-6-3-7-11-19/h2-16,26H,1H3,(H,27,30). The van der Waals surface area contributed by atoms with Crippen LogP contribution in [0.1, 0.15) is 15.4 Å². The average Bonchev–Trinajstić information content (AvgIpc) is 3.36. The summed E-state index contributed by atoms with van der Waals surface area (Å²) in [7, 11) is 0. The second kappa shape index (κ2) is 8.08. The van der Waals surface area contributed by atoms with Crippen LogP contribution in [0.4, 0.5) is 17.1 Å². The number of hydrogen-bond acceptors (Lipinski definition) is 4. The lowest BCUT2D eigenvalue weighted by Crippen LogP contribution is -2.11. The second-order valence-corrected chi connectivity index (χ2v) is 8.16. The van der Waals surface area contributed by atoms with Crippen LogP contribution in [0.2, 0.25) is 0 Å². The van der Waals surface area contributed by atoms with Gasteiger partial charge in [-0.15, -0.1) is 0 Å². The van der Waals surface area contributed by atoms with E-state index in [9.17, 15) is 4.79 Å². The Kier molecular flexibility index (Phi) is 4.98. The third-order valence-electron chi connectivity index (χ3n) is 5.04. The summed E-state index contributed by atoms with van der Waals surface area (Å²) in [6.45, 7) is 1.95. The van der Waals surface area contributed by atoms with Gasteiger partial charge < -0.3 is 10.6 Å². The number of nitrogens with zero attached hydrogens (tertiary/aromatic N) is 2. The first-order chi connectivity index (χ1) is 15.2. The maximum atomic E-state index is 12.9. The van der Waals surface area contributed by atoms with Crippen LogP contribution in [0.5, 0.6) is 0 Å². The largest absolute Gasteiger partial charge is 0.356 e. The fourth-order valence-corrected chi connectivity index (χ4v) is 4.43. The fraction of sp³-hybridized carbons (Fsp3) is 0.0400. The summed E-state index contributed by atoms with van der Waals surface area (Å²) in [6, 6.07) is 27.7. The molecule has 0 spiro atoms. The summed E-state index contributed by atoms with van der Waals surface area (Å²) in [6.07, 6.45) is 1.98. The Morgan fingerprint density at radius 2 is 1.45 bits per heavy atom. The van der Waals surface area contributed by atoms with Crippen molar-refractivity contribution in [1.29, 1.82) is 0 Å². The number of rotatable bonds is 5. The lowest BCUT2D eigenvalue weighted by atomic mass is 10.2. The molecule has 2 N–H and O–H groups in total. The summed E-state index contributed by atoms with van der Waals surface area (Å²) in [5.41, 5.74) is 5.58. The molecular formula is C25H20N4OS. The van der Waals surface area contributed by atoms with E-state index in [4.69, 9.17) is 4.98 Å². The highest BCUT2D eigenvalue weighted by Gasteiger charge is 2.18. The Morgan fingerprint density at radius 3 is 2.13 bits per heavy atom. The summed E-state index contributed by atoms with van der Waals surface area (Å²) >= 11 is 1.40. The molecule has 0 radical (unpaired) electrons. The summed E-state index contributed by atoms with van der Waals surface area (Å²) < 4.78 is 1.98. The number of para-hydroxylation sites is 1. The van der Waals surface area contributed by atoms with Gasteiger partial charge in [0.2, 0.25) is 0 Å². The minimum Gasteiger partial charge on any atom is -0.356 e. The Morgan fingerprint density at radius 1 is 0.839 bits per heavy atom. The maximum absolute atomic E-state index is 12.9. The minimum absolute atomic E-state index is 0.127. The first-order valence-corrected chi connectivity index (χ1v) is 10.8. The van der Waals surface area contributed by atoms with Crippen LogP contribution in [-0.4, -0.2) is 15.3 Å². The van der Waals surface area contributed by atoms with Gasteiger partial charge in [0, 0.05) is 34.5 Å². The second-order valence-electron chi connectivity index (χ2n) is 7.18. The smallest absolute Gasteiger partial charge is 0.267 e. The van der Waals surface area contributed by atoms with Gasteiger partial charge in [-0.2, -0.15) is 0 Å². The number of fused-ring (bicyclic) bond motifs is 1. The molecule has 5 rings (SSSR count). The minimum atomic E-state index is -0.127. The van der Waals surface area contributed by atoms with Crippen LogP contribution >= 0.6 is 11.3 Å². The topological polar surface area (TPSA) is 58.4 Å².